The molecule has 0 spiro atoms. The van der Waals surface area contributed by atoms with Crippen LogP contribution < -0.4 is 0 Å². The van der Waals surface area contributed by atoms with E-state index in [2.05, 4.69) is 228 Å². The van der Waals surface area contributed by atoms with Crippen molar-refractivity contribution in [2.75, 3.05) is 0 Å². The average Bonchev–Trinajstić information content (AvgIpc) is 2.85. The van der Waals surface area contributed by atoms with Gasteiger partial charge in [-0.2, -0.15) is 0 Å². The SMILES string of the molecule is BrC(Br)c1cc2c(cc1C(Br)Br)C1c3cc(C(Br)Br)c(C(Br)Br)cc3C2c2cc(C(Br)Br)c(C(Br)Br)cc21. The molecule has 3 aromatic carbocycles. The Balaban J connectivity index is 1.89. The summed E-state index contributed by atoms with van der Waals surface area (Å²) in [5.74, 6) is 0.226. The molecule has 3 aromatic rings. The zero-order valence-corrected chi connectivity index (χ0v) is 37.7. The summed E-state index contributed by atoms with van der Waals surface area (Å²) in [5, 5.41) is 0. The van der Waals surface area contributed by atoms with Crippen molar-refractivity contribution in [2.24, 2.45) is 0 Å². The molecule has 0 aromatic heterocycles. The van der Waals surface area contributed by atoms with E-state index in [4.69, 9.17) is 0 Å². The van der Waals surface area contributed by atoms with E-state index in [0.717, 1.165) is 0 Å². The van der Waals surface area contributed by atoms with E-state index in [1.165, 1.54) is 66.8 Å². The first-order valence-electron chi connectivity index (χ1n) is 11.0. The molecule has 0 fully saturated rings. The topological polar surface area (TPSA) is 0 Å². The largest absolute Gasteiger partial charge is 0.0949 e. The first-order chi connectivity index (χ1) is 17.8. The predicted octanol–water partition coefficient (Wildman–Crippen LogP) is 15.4. The van der Waals surface area contributed by atoms with Gasteiger partial charge in [0.2, 0.25) is 0 Å². The highest BCUT2D eigenvalue weighted by molar-refractivity contribution is 9.25. The van der Waals surface area contributed by atoms with Gasteiger partial charge in [-0.1, -0.05) is 228 Å². The molecule has 0 saturated heterocycles. The van der Waals surface area contributed by atoms with Gasteiger partial charge < -0.3 is 0 Å². The standard InChI is InChI=1S/C26H14Br12/c27-21(28)13-1-7-8(2-14(13)22(29)30)20-11-5-17(25(35)36)15(23(31)32)3-9(11)19(7)10-4-16(24(33)34)18(26(37)38)6-12(10)20/h1-6,19-26H. The molecule has 0 saturated carbocycles. The molecule has 0 N–H and O–H groups in total. The summed E-state index contributed by atoms with van der Waals surface area (Å²) in [5.41, 5.74) is 15.5. The van der Waals surface area contributed by atoms with Gasteiger partial charge in [0.05, 0.1) is 22.4 Å². The Morgan fingerprint density at radius 1 is 0.289 bits per heavy atom. The van der Waals surface area contributed by atoms with Gasteiger partial charge >= 0.3 is 0 Å². The van der Waals surface area contributed by atoms with Crippen molar-refractivity contribution in [3.05, 3.63) is 103 Å². The molecule has 38 heavy (non-hydrogen) atoms. The molecular weight excluding hydrogens is 1270 g/mol. The summed E-state index contributed by atoms with van der Waals surface area (Å²) in [4.78, 5) is 0. The number of rotatable bonds is 6. The van der Waals surface area contributed by atoms with Gasteiger partial charge in [-0.15, -0.1) is 0 Å². The molecule has 0 nitrogen and oxygen atoms in total. The van der Waals surface area contributed by atoms with Crippen LogP contribution in [0.3, 0.4) is 0 Å². The minimum Gasteiger partial charge on any atom is -0.0712 e. The Bertz CT molecular complexity index is 1140. The van der Waals surface area contributed by atoms with Gasteiger partial charge in [0, 0.05) is 11.8 Å². The van der Waals surface area contributed by atoms with Crippen LogP contribution in [0.25, 0.3) is 0 Å². The van der Waals surface area contributed by atoms with Crippen molar-refractivity contribution in [3.8, 4) is 0 Å². The number of benzene rings is 3. The summed E-state index contributed by atoms with van der Waals surface area (Å²) in [6.07, 6.45) is 0. The number of halogens is 12. The van der Waals surface area contributed by atoms with Crippen molar-refractivity contribution in [2.45, 2.75) is 34.3 Å². The Morgan fingerprint density at radius 2 is 0.421 bits per heavy atom. The summed E-state index contributed by atoms with van der Waals surface area (Å²) in [6.45, 7) is 0. The maximum Gasteiger partial charge on any atom is 0.0949 e. The molecular formula is C26H14Br12. The van der Waals surface area contributed by atoms with Crippen LogP contribution in [0.4, 0.5) is 0 Å². The molecule has 0 heterocycles. The normalized spacial score (nSPS) is 17.8. The fraction of sp³-hybridized carbons (Fsp3) is 0.308. The van der Waals surface area contributed by atoms with E-state index in [-0.39, 0.29) is 34.3 Å². The first-order valence-corrected chi connectivity index (χ1v) is 22.0. The lowest BCUT2D eigenvalue weighted by Crippen LogP contribution is -2.29. The quantitative estimate of drug-likeness (QED) is 0.149. The smallest absolute Gasteiger partial charge is 0.0712 e. The monoisotopic (exact) mass is 1270 g/mol. The summed E-state index contributed by atoms with van der Waals surface area (Å²) >= 11 is 45.5. The fourth-order valence-corrected chi connectivity index (χ4v) is 10.4. The molecule has 6 rings (SSSR count). The molecule has 202 valence electrons. The Kier molecular flexibility index (Phi) is 11.3. The van der Waals surface area contributed by atoms with E-state index in [1.54, 1.807) is 0 Å². The molecule has 2 bridgehead atoms. The summed E-state index contributed by atoms with van der Waals surface area (Å²) in [6, 6.07) is 14.3. The van der Waals surface area contributed by atoms with Crippen LogP contribution in [0.1, 0.15) is 101 Å². The third-order valence-corrected chi connectivity index (χ3v) is 13.1. The van der Waals surface area contributed by atoms with Crippen LogP contribution >= 0.6 is 191 Å². The van der Waals surface area contributed by atoms with Crippen LogP contribution in [0.5, 0.6) is 0 Å². The lowest BCUT2D eigenvalue weighted by atomic mass is 9.60. The maximum absolute atomic E-state index is 3.79. The molecule has 0 aliphatic heterocycles. The van der Waals surface area contributed by atoms with Crippen LogP contribution in [-0.2, 0) is 0 Å². The molecule has 0 radical (unpaired) electrons. The second-order valence-corrected chi connectivity index (χ2v) is 27.4. The van der Waals surface area contributed by atoms with Crippen LogP contribution in [0, 0.1) is 0 Å². The van der Waals surface area contributed by atoms with Gasteiger partial charge in [-0.3, -0.25) is 0 Å². The lowest BCUT2D eigenvalue weighted by Gasteiger charge is -2.44. The van der Waals surface area contributed by atoms with Gasteiger partial charge in [0.25, 0.3) is 0 Å². The summed E-state index contributed by atoms with van der Waals surface area (Å²) in [7, 11) is 0. The number of alkyl halides is 12. The number of hydrogen-bond acceptors (Lipinski definition) is 0. The highest BCUT2D eigenvalue weighted by Gasteiger charge is 2.44. The van der Waals surface area contributed by atoms with E-state index in [0.29, 0.717) is 0 Å². The molecule has 0 atom stereocenters. The fourth-order valence-electron chi connectivity index (χ4n) is 5.64. The molecule has 0 unspecified atom stereocenters. The first kappa shape index (κ1) is 32.8. The van der Waals surface area contributed by atoms with Crippen molar-refractivity contribution in [3.63, 3.8) is 0 Å². The highest BCUT2D eigenvalue weighted by Crippen LogP contribution is 2.60. The van der Waals surface area contributed by atoms with Gasteiger partial charge in [-0.05, 0) is 66.8 Å². The zero-order chi connectivity index (χ0) is 27.8. The Hall–Kier alpha value is 3.42. The molecule has 0 amide bonds. The van der Waals surface area contributed by atoms with E-state index >= 15 is 0 Å². The average molecular weight is 1290 g/mol. The van der Waals surface area contributed by atoms with E-state index < -0.39 is 0 Å². The predicted molar refractivity (Wildman–Crippen MR) is 205 cm³/mol. The second-order valence-electron chi connectivity index (χ2n) is 9.00. The number of hydrogen-bond donors (Lipinski definition) is 0. The third-order valence-electron chi connectivity index (χ3n) is 7.14. The van der Waals surface area contributed by atoms with Crippen LogP contribution in [0.2, 0.25) is 0 Å². The van der Waals surface area contributed by atoms with Crippen LogP contribution in [-0.4, -0.2) is 0 Å². The van der Waals surface area contributed by atoms with Crippen molar-refractivity contribution in [1.29, 1.82) is 0 Å². The Labute approximate surface area is 323 Å². The third kappa shape index (κ3) is 5.89. The molecule has 3 aliphatic rings. The Morgan fingerprint density at radius 3 is 0.526 bits per heavy atom. The minimum atomic E-state index is 0.0391. The lowest BCUT2D eigenvalue weighted by molar-refractivity contribution is 0.745. The van der Waals surface area contributed by atoms with Gasteiger partial charge in [0.15, 0.2) is 0 Å². The van der Waals surface area contributed by atoms with E-state index in [1.807, 2.05) is 0 Å². The van der Waals surface area contributed by atoms with E-state index in [9.17, 15) is 0 Å². The van der Waals surface area contributed by atoms with Gasteiger partial charge in [-0.25, -0.2) is 0 Å². The highest BCUT2D eigenvalue weighted by atomic mass is 79.9. The van der Waals surface area contributed by atoms with Crippen molar-refractivity contribution >= 4 is 191 Å². The minimum absolute atomic E-state index is 0.0391. The van der Waals surface area contributed by atoms with Crippen molar-refractivity contribution in [1.82, 2.24) is 0 Å². The summed E-state index contributed by atoms with van der Waals surface area (Å²) < 4.78 is 0.234. The van der Waals surface area contributed by atoms with Gasteiger partial charge in [0.1, 0.15) is 0 Å². The van der Waals surface area contributed by atoms with Crippen LogP contribution in [0.15, 0.2) is 36.4 Å². The maximum atomic E-state index is 3.79. The zero-order valence-electron chi connectivity index (χ0n) is 18.6. The molecule has 12 heteroatoms. The van der Waals surface area contributed by atoms with Crippen molar-refractivity contribution < 1.29 is 0 Å². The molecule has 3 aliphatic carbocycles. The second kappa shape index (κ2) is 13.0.